The van der Waals surface area contributed by atoms with Gasteiger partial charge in [-0.2, -0.15) is 0 Å². The van der Waals surface area contributed by atoms with E-state index in [1.54, 1.807) is 6.33 Å². The molecule has 0 bridgehead atoms. The number of rotatable bonds is 4. The number of nitrogens with zero attached hydrogens (tertiary/aromatic N) is 4. The van der Waals surface area contributed by atoms with Crippen LogP contribution in [0.25, 0.3) is 0 Å². The van der Waals surface area contributed by atoms with Gasteiger partial charge in [-0.3, -0.25) is 4.79 Å². The van der Waals surface area contributed by atoms with Crippen molar-refractivity contribution in [3.05, 3.63) is 12.4 Å². The van der Waals surface area contributed by atoms with Crippen LogP contribution in [0.4, 0.5) is 11.6 Å². The number of anilines is 2. The minimum absolute atomic E-state index is 0. The Labute approximate surface area is 172 Å². The van der Waals surface area contributed by atoms with Gasteiger partial charge < -0.3 is 25.2 Å². The third-order valence-corrected chi connectivity index (χ3v) is 5.78. The molecule has 1 amide bonds. The van der Waals surface area contributed by atoms with Crippen molar-refractivity contribution in [1.29, 1.82) is 0 Å². The Morgan fingerprint density at radius 2 is 1.79 bits per heavy atom. The van der Waals surface area contributed by atoms with Gasteiger partial charge in [0.2, 0.25) is 5.91 Å². The van der Waals surface area contributed by atoms with E-state index in [0.29, 0.717) is 0 Å². The summed E-state index contributed by atoms with van der Waals surface area (Å²) in [6.07, 6.45) is 5.63. The zero-order valence-electron chi connectivity index (χ0n) is 16.3. The van der Waals surface area contributed by atoms with Crippen LogP contribution in [-0.2, 0) is 9.53 Å². The summed E-state index contributed by atoms with van der Waals surface area (Å²) in [5, 5.41) is 6.61. The Balaban J connectivity index is 0.00000225. The molecule has 1 aromatic rings. The largest absolute Gasteiger partial charge is 0.378 e. The minimum Gasteiger partial charge on any atom is -0.378 e. The highest BCUT2D eigenvalue weighted by Gasteiger charge is 2.27. The maximum absolute atomic E-state index is 12.6. The summed E-state index contributed by atoms with van der Waals surface area (Å²) in [4.78, 5) is 26.0. The number of piperidine rings is 2. The summed E-state index contributed by atoms with van der Waals surface area (Å²) >= 11 is 0. The van der Waals surface area contributed by atoms with Crippen LogP contribution in [0, 0.1) is 5.92 Å². The van der Waals surface area contributed by atoms with Crippen molar-refractivity contribution in [2.45, 2.75) is 31.7 Å². The van der Waals surface area contributed by atoms with E-state index in [4.69, 9.17) is 4.74 Å². The first-order chi connectivity index (χ1) is 13.3. The molecule has 3 fully saturated rings. The smallest absolute Gasteiger partial charge is 0.223 e. The summed E-state index contributed by atoms with van der Waals surface area (Å²) in [5.41, 5.74) is 0. The predicted molar refractivity (Wildman–Crippen MR) is 111 cm³/mol. The van der Waals surface area contributed by atoms with E-state index in [1.807, 2.05) is 0 Å². The van der Waals surface area contributed by atoms with Gasteiger partial charge in [0, 0.05) is 44.2 Å². The number of amides is 1. The van der Waals surface area contributed by atoms with Crippen LogP contribution >= 0.6 is 12.4 Å². The number of ether oxygens (including phenoxy) is 1. The first-order valence-corrected chi connectivity index (χ1v) is 10.2. The van der Waals surface area contributed by atoms with Gasteiger partial charge in [0.15, 0.2) is 0 Å². The Bertz CT molecular complexity index is 637. The third-order valence-electron chi connectivity index (χ3n) is 5.78. The molecule has 3 aliphatic rings. The Morgan fingerprint density at radius 3 is 2.54 bits per heavy atom. The van der Waals surface area contributed by atoms with Crippen molar-refractivity contribution in [2.24, 2.45) is 5.92 Å². The van der Waals surface area contributed by atoms with Crippen molar-refractivity contribution in [1.82, 2.24) is 20.6 Å². The van der Waals surface area contributed by atoms with Gasteiger partial charge in [-0.15, -0.1) is 12.4 Å². The Morgan fingerprint density at radius 1 is 1.07 bits per heavy atom. The molecule has 1 aromatic heterocycles. The van der Waals surface area contributed by atoms with E-state index < -0.39 is 0 Å². The summed E-state index contributed by atoms with van der Waals surface area (Å²) in [6.45, 7) is 6.90. The summed E-state index contributed by atoms with van der Waals surface area (Å²) in [5.74, 6) is 2.30. The highest BCUT2D eigenvalue weighted by Crippen LogP contribution is 2.22. The molecule has 0 aliphatic carbocycles. The maximum atomic E-state index is 12.6. The lowest BCUT2D eigenvalue weighted by Gasteiger charge is -2.35. The molecule has 0 aromatic carbocycles. The van der Waals surface area contributed by atoms with Crippen molar-refractivity contribution in [2.75, 3.05) is 62.3 Å². The standard InChI is InChI=1S/C19H30N6O2.ClH/c26-19(15-3-5-20-6-4-15)23-16-2-1-7-25(13-16)18-12-17(21-14-22-18)24-8-10-27-11-9-24;/h12,14-16,20H,1-11,13H2,(H,23,26);1H. The minimum atomic E-state index is 0. The first-order valence-electron chi connectivity index (χ1n) is 10.2. The summed E-state index contributed by atoms with van der Waals surface area (Å²) in [6, 6.07) is 2.27. The van der Waals surface area contributed by atoms with E-state index >= 15 is 0 Å². The molecule has 9 heteroatoms. The molecule has 1 unspecified atom stereocenters. The highest BCUT2D eigenvalue weighted by atomic mass is 35.5. The molecular weight excluding hydrogens is 380 g/mol. The van der Waals surface area contributed by atoms with Gasteiger partial charge >= 0.3 is 0 Å². The van der Waals surface area contributed by atoms with E-state index in [-0.39, 0.29) is 30.3 Å². The SMILES string of the molecule is Cl.O=C(NC1CCCN(c2cc(N3CCOCC3)ncn2)C1)C1CCNCC1. The molecule has 4 heterocycles. The number of nitrogens with one attached hydrogen (secondary N) is 2. The molecule has 3 aliphatic heterocycles. The van der Waals surface area contributed by atoms with Crippen LogP contribution in [0.2, 0.25) is 0 Å². The molecule has 156 valence electrons. The van der Waals surface area contributed by atoms with Gasteiger partial charge in [-0.25, -0.2) is 9.97 Å². The van der Waals surface area contributed by atoms with E-state index in [2.05, 4.69) is 36.5 Å². The third kappa shape index (κ3) is 5.24. The van der Waals surface area contributed by atoms with Crippen LogP contribution in [0.3, 0.4) is 0 Å². The average molecular weight is 411 g/mol. The summed E-state index contributed by atoms with van der Waals surface area (Å²) in [7, 11) is 0. The normalized spacial score (nSPS) is 23.8. The fourth-order valence-electron chi connectivity index (χ4n) is 4.18. The zero-order chi connectivity index (χ0) is 18.5. The molecule has 0 spiro atoms. The van der Waals surface area contributed by atoms with Crippen LogP contribution in [-0.4, -0.2) is 74.4 Å². The molecule has 3 saturated heterocycles. The van der Waals surface area contributed by atoms with Gasteiger partial charge in [-0.05, 0) is 38.8 Å². The zero-order valence-corrected chi connectivity index (χ0v) is 17.1. The number of carbonyl (C=O) groups excluding carboxylic acids is 1. The number of halogens is 1. The van der Waals surface area contributed by atoms with E-state index in [1.165, 1.54) is 0 Å². The van der Waals surface area contributed by atoms with Crippen molar-refractivity contribution >= 4 is 29.9 Å². The molecule has 0 saturated carbocycles. The number of aromatic nitrogens is 2. The number of morpholine rings is 1. The van der Waals surface area contributed by atoms with E-state index in [9.17, 15) is 4.79 Å². The average Bonchev–Trinajstić information content (AvgIpc) is 2.75. The first kappa shape index (κ1) is 21.1. The van der Waals surface area contributed by atoms with Gasteiger partial charge in [0.05, 0.1) is 13.2 Å². The van der Waals surface area contributed by atoms with Crippen molar-refractivity contribution in [3.8, 4) is 0 Å². The van der Waals surface area contributed by atoms with Crippen molar-refractivity contribution < 1.29 is 9.53 Å². The second-order valence-corrected chi connectivity index (χ2v) is 7.65. The lowest BCUT2D eigenvalue weighted by atomic mass is 9.96. The Kier molecular flexibility index (Phi) is 7.70. The monoisotopic (exact) mass is 410 g/mol. The number of hydrogen-bond donors (Lipinski definition) is 2. The molecule has 0 radical (unpaired) electrons. The van der Waals surface area contributed by atoms with Gasteiger partial charge in [0.25, 0.3) is 0 Å². The molecule has 2 N–H and O–H groups in total. The number of hydrogen-bond acceptors (Lipinski definition) is 7. The van der Waals surface area contributed by atoms with E-state index in [0.717, 1.165) is 89.8 Å². The molecule has 8 nitrogen and oxygen atoms in total. The number of carbonyl (C=O) groups is 1. The lowest BCUT2D eigenvalue weighted by molar-refractivity contribution is -0.126. The molecule has 4 rings (SSSR count). The fraction of sp³-hybridized carbons (Fsp3) is 0.737. The van der Waals surface area contributed by atoms with Crippen LogP contribution in [0.15, 0.2) is 12.4 Å². The Hall–Kier alpha value is -1.64. The molecule has 28 heavy (non-hydrogen) atoms. The second kappa shape index (κ2) is 10.2. The topological polar surface area (TPSA) is 82.6 Å². The van der Waals surface area contributed by atoms with Crippen LogP contribution < -0.4 is 20.4 Å². The quantitative estimate of drug-likeness (QED) is 0.760. The lowest BCUT2D eigenvalue weighted by Crippen LogP contribution is -2.50. The second-order valence-electron chi connectivity index (χ2n) is 7.65. The molecular formula is C19H31ClN6O2. The van der Waals surface area contributed by atoms with Crippen molar-refractivity contribution in [3.63, 3.8) is 0 Å². The predicted octanol–water partition coefficient (Wildman–Crippen LogP) is 0.820. The van der Waals surface area contributed by atoms with Gasteiger partial charge in [-0.1, -0.05) is 0 Å². The van der Waals surface area contributed by atoms with Crippen LogP contribution in [0.5, 0.6) is 0 Å². The highest BCUT2D eigenvalue weighted by molar-refractivity contribution is 5.85. The summed E-state index contributed by atoms with van der Waals surface area (Å²) < 4.78 is 5.43. The maximum Gasteiger partial charge on any atom is 0.223 e. The van der Waals surface area contributed by atoms with Gasteiger partial charge in [0.1, 0.15) is 18.0 Å². The van der Waals surface area contributed by atoms with Crippen LogP contribution in [0.1, 0.15) is 25.7 Å². The molecule has 1 atom stereocenters. The fourth-order valence-corrected chi connectivity index (χ4v) is 4.18.